The number of carbonyl (C=O) groups excluding carboxylic acids is 1. The van der Waals surface area contributed by atoms with Gasteiger partial charge < -0.3 is 4.74 Å². The highest BCUT2D eigenvalue weighted by Crippen LogP contribution is 2.24. The van der Waals surface area contributed by atoms with Gasteiger partial charge in [0, 0.05) is 16.5 Å². The lowest BCUT2D eigenvalue weighted by atomic mass is 10.2. The minimum absolute atomic E-state index is 0.192. The minimum atomic E-state index is 0.192. The molecule has 0 saturated heterocycles. The van der Waals surface area contributed by atoms with Gasteiger partial charge in [-0.2, -0.15) is 0 Å². The lowest BCUT2D eigenvalue weighted by Crippen LogP contribution is -2.08. The molecule has 0 unspecified atom stereocenters. The molecule has 3 rings (SSSR count). The predicted molar refractivity (Wildman–Crippen MR) is 91.3 cm³/mol. The minimum Gasteiger partial charge on any atom is -0.407 e. The number of thiazole rings is 1. The Morgan fingerprint density at radius 2 is 1.78 bits per heavy atom. The number of nitrogens with zero attached hydrogens (tertiary/aromatic N) is 2. The molecule has 0 saturated carbocycles. The molecule has 6 heteroatoms. The Labute approximate surface area is 137 Å². The first-order chi connectivity index (χ1) is 11.4. The van der Waals surface area contributed by atoms with Gasteiger partial charge in [-0.15, -0.1) is 16.4 Å². The van der Waals surface area contributed by atoms with E-state index in [0.717, 1.165) is 11.3 Å². The quantitative estimate of drug-likeness (QED) is 0.336. The number of hydrogen-bond acceptors (Lipinski definition) is 6. The average Bonchev–Trinajstić information content (AvgIpc) is 3.09. The summed E-state index contributed by atoms with van der Waals surface area (Å²) in [6.45, 7) is 0.352. The summed E-state index contributed by atoms with van der Waals surface area (Å²) in [5, 5.41) is 6.68. The fraction of sp³-hybridized carbons (Fsp3) is 0. The first-order valence-electron chi connectivity index (χ1n) is 6.87. The summed E-state index contributed by atoms with van der Waals surface area (Å²) >= 11 is 1.43. The van der Waals surface area contributed by atoms with Crippen molar-refractivity contribution < 1.29 is 9.53 Å². The number of hydrogen-bond donors (Lipinski definition) is 1. The molecule has 0 aliphatic rings. The third kappa shape index (κ3) is 3.81. The molecule has 0 spiro atoms. The number of carbonyl (C=O) groups is 1. The first kappa shape index (κ1) is 14.9. The van der Waals surface area contributed by atoms with Crippen molar-refractivity contribution in [3.8, 4) is 11.3 Å². The van der Waals surface area contributed by atoms with Crippen molar-refractivity contribution in [2.45, 2.75) is 0 Å². The van der Waals surface area contributed by atoms with E-state index in [9.17, 15) is 4.79 Å². The fourth-order valence-electron chi connectivity index (χ4n) is 1.95. The van der Waals surface area contributed by atoms with Gasteiger partial charge in [-0.1, -0.05) is 48.5 Å². The van der Waals surface area contributed by atoms with Crippen LogP contribution in [0.15, 0.2) is 71.1 Å². The third-order valence-corrected chi connectivity index (χ3v) is 3.75. The Morgan fingerprint density at radius 1 is 1.09 bits per heavy atom. The zero-order valence-electron chi connectivity index (χ0n) is 12.0. The average molecular weight is 323 g/mol. The molecule has 0 aliphatic carbocycles. The van der Waals surface area contributed by atoms with Crippen LogP contribution in [-0.2, 0) is 9.53 Å². The normalized spacial score (nSPS) is 11.0. The van der Waals surface area contributed by atoms with Gasteiger partial charge in [0.1, 0.15) is 0 Å². The van der Waals surface area contributed by atoms with Crippen molar-refractivity contribution >= 4 is 28.8 Å². The number of aromatic nitrogens is 1. The van der Waals surface area contributed by atoms with Crippen molar-refractivity contribution in [1.82, 2.24) is 4.98 Å². The maximum atomic E-state index is 10.6. The van der Waals surface area contributed by atoms with Crippen molar-refractivity contribution in [3.63, 3.8) is 0 Å². The van der Waals surface area contributed by atoms with E-state index in [2.05, 4.69) is 15.5 Å². The third-order valence-electron chi connectivity index (χ3n) is 3.01. The maximum absolute atomic E-state index is 10.6. The van der Waals surface area contributed by atoms with E-state index in [-0.39, 0.29) is 5.90 Å². The summed E-state index contributed by atoms with van der Waals surface area (Å²) in [6, 6.07) is 19.1. The zero-order valence-corrected chi connectivity index (χ0v) is 12.9. The Morgan fingerprint density at radius 3 is 2.48 bits per heavy atom. The lowest BCUT2D eigenvalue weighted by molar-refractivity contribution is -0.121. The number of nitrogens with one attached hydrogen (secondary N) is 1. The second kappa shape index (κ2) is 7.33. The molecule has 114 valence electrons. The van der Waals surface area contributed by atoms with Gasteiger partial charge in [-0.25, -0.2) is 10.4 Å². The monoisotopic (exact) mass is 323 g/mol. The highest BCUT2D eigenvalue weighted by atomic mass is 32.1. The van der Waals surface area contributed by atoms with E-state index in [1.54, 1.807) is 12.1 Å². The Bertz CT molecular complexity index is 801. The number of anilines is 1. The molecule has 3 aromatic rings. The predicted octanol–water partition coefficient (Wildman–Crippen LogP) is 3.76. The summed E-state index contributed by atoms with van der Waals surface area (Å²) in [7, 11) is 0. The number of ether oxygens (including phenoxy) is 1. The summed E-state index contributed by atoms with van der Waals surface area (Å²) in [4.78, 5) is 15.1. The van der Waals surface area contributed by atoms with E-state index in [4.69, 9.17) is 4.74 Å². The Balaban J connectivity index is 1.78. The van der Waals surface area contributed by atoms with Gasteiger partial charge in [0.2, 0.25) is 11.0 Å². The molecule has 1 heterocycles. The van der Waals surface area contributed by atoms with Crippen LogP contribution >= 0.6 is 11.3 Å². The lowest BCUT2D eigenvalue weighted by Gasteiger charge is -2.03. The molecule has 1 N–H and O–H groups in total. The van der Waals surface area contributed by atoms with Crippen molar-refractivity contribution in [2.24, 2.45) is 5.10 Å². The number of benzene rings is 2. The van der Waals surface area contributed by atoms with Crippen LogP contribution in [0, 0.1) is 0 Å². The van der Waals surface area contributed by atoms with Gasteiger partial charge in [0.05, 0.1) is 5.69 Å². The fourth-order valence-corrected chi connectivity index (χ4v) is 2.61. The molecule has 0 radical (unpaired) electrons. The largest absolute Gasteiger partial charge is 0.407 e. The van der Waals surface area contributed by atoms with E-state index < -0.39 is 0 Å². The summed E-state index contributed by atoms with van der Waals surface area (Å²) in [5.74, 6) is 0.192. The summed E-state index contributed by atoms with van der Waals surface area (Å²) in [6.07, 6.45) is 0. The first-order valence-corrected chi connectivity index (χ1v) is 7.75. The standard InChI is InChI=1S/C17H13N3O2S/c21-12-22-16(14-9-5-2-6-10-14)19-20-17-18-15(11-23-17)13-7-3-1-4-8-13/h1-12H,(H,18,20). The molecular formula is C17H13N3O2S. The topological polar surface area (TPSA) is 63.6 Å². The van der Waals surface area contributed by atoms with Crippen molar-refractivity contribution in [1.29, 1.82) is 0 Å². The SMILES string of the molecule is O=COC(=NNc1nc(-c2ccccc2)cs1)c1ccccc1. The highest BCUT2D eigenvalue weighted by Gasteiger charge is 2.06. The van der Waals surface area contributed by atoms with Crippen molar-refractivity contribution in [3.05, 3.63) is 71.6 Å². The zero-order chi connectivity index (χ0) is 15.9. The molecule has 23 heavy (non-hydrogen) atoms. The van der Waals surface area contributed by atoms with Crippen LogP contribution in [0.25, 0.3) is 11.3 Å². The van der Waals surface area contributed by atoms with Gasteiger partial charge in [0.25, 0.3) is 6.47 Å². The van der Waals surface area contributed by atoms with E-state index in [0.29, 0.717) is 17.2 Å². The molecule has 2 aromatic carbocycles. The molecule has 1 aromatic heterocycles. The summed E-state index contributed by atoms with van der Waals surface area (Å²) in [5.41, 5.74) is 5.43. The second-order valence-electron chi connectivity index (χ2n) is 4.51. The van der Waals surface area contributed by atoms with Crippen molar-refractivity contribution in [2.75, 3.05) is 5.43 Å². The molecule has 0 atom stereocenters. The molecule has 0 aliphatic heterocycles. The molecule has 5 nitrogen and oxygen atoms in total. The Hall–Kier alpha value is -2.99. The van der Waals surface area contributed by atoms with E-state index in [1.165, 1.54) is 11.3 Å². The van der Waals surface area contributed by atoms with Crippen LogP contribution in [0.3, 0.4) is 0 Å². The molecular weight excluding hydrogens is 310 g/mol. The van der Waals surface area contributed by atoms with Crippen LogP contribution in [0.5, 0.6) is 0 Å². The van der Waals surface area contributed by atoms with Crippen LogP contribution in [0.4, 0.5) is 5.13 Å². The molecule has 0 amide bonds. The van der Waals surface area contributed by atoms with E-state index in [1.807, 2.05) is 53.9 Å². The van der Waals surface area contributed by atoms with Gasteiger partial charge >= 0.3 is 0 Å². The van der Waals surface area contributed by atoms with Crippen LogP contribution in [0.1, 0.15) is 5.56 Å². The van der Waals surface area contributed by atoms with Gasteiger partial charge in [-0.05, 0) is 12.1 Å². The smallest absolute Gasteiger partial charge is 0.299 e. The number of hydrazone groups is 1. The van der Waals surface area contributed by atoms with Gasteiger partial charge in [-0.3, -0.25) is 4.79 Å². The van der Waals surface area contributed by atoms with Crippen LogP contribution in [0.2, 0.25) is 0 Å². The molecule has 0 bridgehead atoms. The van der Waals surface area contributed by atoms with Crippen LogP contribution in [-0.4, -0.2) is 17.4 Å². The Kier molecular flexibility index (Phi) is 4.76. The number of rotatable bonds is 5. The second-order valence-corrected chi connectivity index (χ2v) is 5.37. The van der Waals surface area contributed by atoms with E-state index >= 15 is 0 Å². The summed E-state index contributed by atoms with van der Waals surface area (Å²) < 4.78 is 4.92. The highest BCUT2D eigenvalue weighted by molar-refractivity contribution is 7.14. The van der Waals surface area contributed by atoms with Crippen LogP contribution < -0.4 is 5.43 Å². The van der Waals surface area contributed by atoms with Gasteiger partial charge in [0.15, 0.2) is 0 Å². The molecule has 0 fully saturated rings. The maximum Gasteiger partial charge on any atom is 0.299 e.